The summed E-state index contributed by atoms with van der Waals surface area (Å²) in [4.78, 5) is 16.9. The number of benzene rings is 1. The molecule has 33 heavy (non-hydrogen) atoms. The molecule has 0 N–H and O–H groups in total. The zero-order valence-corrected chi connectivity index (χ0v) is 19.4. The fourth-order valence-corrected chi connectivity index (χ4v) is 6.42. The van der Waals surface area contributed by atoms with Crippen molar-refractivity contribution in [3.05, 3.63) is 46.8 Å². The molecule has 1 aromatic carbocycles. The largest absolute Gasteiger partial charge is 0.416 e. The molecular formula is C22H27F3N4O3S. The van der Waals surface area contributed by atoms with E-state index in [1.54, 1.807) is 24.8 Å². The Bertz CT molecular complexity index is 1150. The standard InChI is InChI=1S/C22H27F3N4O3S/c1-15-20(16(2)29(26-15)18-5-3-4-17(12-18)22(23,24)25)13-21(30)28-9-7-27(8-10-28)19-6-11-33(31,32)14-19/h3-5,12,19H,6-11,13-14H2,1-2H3. The number of aromatic nitrogens is 2. The molecule has 2 aliphatic heterocycles. The normalized spacial score (nSPS) is 21.5. The van der Waals surface area contributed by atoms with Crippen molar-refractivity contribution in [2.75, 3.05) is 37.7 Å². The monoisotopic (exact) mass is 484 g/mol. The highest BCUT2D eigenvalue weighted by molar-refractivity contribution is 7.91. The van der Waals surface area contributed by atoms with Crippen LogP contribution in [0, 0.1) is 13.8 Å². The van der Waals surface area contributed by atoms with Crippen LogP contribution in [-0.4, -0.2) is 77.6 Å². The molecule has 2 saturated heterocycles. The highest BCUT2D eigenvalue weighted by Crippen LogP contribution is 2.31. The zero-order chi connectivity index (χ0) is 24.0. The average molecular weight is 485 g/mol. The fraction of sp³-hybridized carbons (Fsp3) is 0.545. The van der Waals surface area contributed by atoms with Crippen LogP contribution in [0.4, 0.5) is 13.2 Å². The van der Waals surface area contributed by atoms with Crippen molar-refractivity contribution >= 4 is 15.7 Å². The van der Waals surface area contributed by atoms with Gasteiger partial charge in [0.05, 0.1) is 34.9 Å². The highest BCUT2D eigenvalue weighted by atomic mass is 32.2. The van der Waals surface area contributed by atoms with Crippen LogP contribution >= 0.6 is 0 Å². The van der Waals surface area contributed by atoms with E-state index in [4.69, 9.17) is 0 Å². The molecule has 180 valence electrons. The first kappa shape index (κ1) is 23.7. The molecule has 0 aliphatic carbocycles. The Morgan fingerprint density at radius 3 is 2.45 bits per heavy atom. The number of carbonyl (C=O) groups excluding carboxylic acids is 1. The summed E-state index contributed by atoms with van der Waals surface area (Å²) in [7, 11) is -2.95. The van der Waals surface area contributed by atoms with Gasteiger partial charge >= 0.3 is 6.18 Å². The van der Waals surface area contributed by atoms with Crippen LogP contribution in [0.5, 0.6) is 0 Å². The Labute approximate surface area is 191 Å². The maximum Gasteiger partial charge on any atom is 0.416 e. The first-order chi connectivity index (χ1) is 15.4. The first-order valence-electron chi connectivity index (χ1n) is 10.9. The van der Waals surface area contributed by atoms with Gasteiger partial charge in [-0.1, -0.05) is 6.07 Å². The number of hydrogen-bond acceptors (Lipinski definition) is 5. The number of hydrogen-bond donors (Lipinski definition) is 0. The molecule has 11 heteroatoms. The number of amides is 1. The molecule has 1 unspecified atom stereocenters. The van der Waals surface area contributed by atoms with E-state index in [1.165, 1.54) is 10.7 Å². The number of carbonyl (C=O) groups is 1. The quantitative estimate of drug-likeness (QED) is 0.666. The van der Waals surface area contributed by atoms with Gasteiger partial charge < -0.3 is 4.90 Å². The van der Waals surface area contributed by atoms with Crippen molar-refractivity contribution in [3.63, 3.8) is 0 Å². The third kappa shape index (κ3) is 5.08. The lowest BCUT2D eigenvalue weighted by atomic mass is 10.1. The van der Waals surface area contributed by atoms with Crippen LogP contribution in [0.2, 0.25) is 0 Å². The van der Waals surface area contributed by atoms with E-state index in [0.717, 1.165) is 12.1 Å². The van der Waals surface area contributed by atoms with Crippen molar-refractivity contribution in [2.24, 2.45) is 0 Å². The summed E-state index contributed by atoms with van der Waals surface area (Å²) in [5.41, 5.74) is 1.49. The second-order valence-corrected chi connectivity index (χ2v) is 11.0. The summed E-state index contributed by atoms with van der Waals surface area (Å²) in [5, 5.41) is 4.39. The fourth-order valence-electron chi connectivity index (χ4n) is 4.66. The molecule has 0 saturated carbocycles. The van der Waals surface area contributed by atoms with Gasteiger partial charge in [-0.15, -0.1) is 0 Å². The maximum absolute atomic E-state index is 13.1. The van der Waals surface area contributed by atoms with E-state index in [9.17, 15) is 26.4 Å². The van der Waals surface area contributed by atoms with Crippen LogP contribution in [0.15, 0.2) is 24.3 Å². The van der Waals surface area contributed by atoms with E-state index < -0.39 is 21.6 Å². The van der Waals surface area contributed by atoms with Gasteiger partial charge in [-0.2, -0.15) is 18.3 Å². The minimum Gasteiger partial charge on any atom is -0.340 e. The molecule has 0 bridgehead atoms. The summed E-state index contributed by atoms with van der Waals surface area (Å²) < 4.78 is 64.2. The van der Waals surface area contributed by atoms with E-state index in [0.29, 0.717) is 55.2 Å². The Hall–Kier alpha value is -2.40. The van der Waals surface area contributed by atoms with E-state index in [-0.39, 0.29) is 29.9 Å². The van der Waals surface area contributed by atoms with Crippen LogP contribution in [0.25, 0.3) is 5.69 Å². The summed E-state index contributed by atoms with van der Waals surface area (Å²) in [6.07, 6.45) is -3.69. The minimum atomic E-state index is -4.45. The SMILES string of the molecule is Cc1nn(-c2cccc(C(F)(F)F)c2)c(C)c1CC(=O)N1CCN(C2CCS(=O)(=O)C2)CC1. The molecule has 0 radical (unpaired) electrons. The van der Waals surface area contributed by atoms with E-state index >= 15 is 0 Å². The number of sulfone groups is 1. The number of halogens is 3. The van der Waals surface area contributed by atoms with Gasteiger partial charge in [0.2, 0.25) is 5.91 Å². The van der Waals surface area contributed by atoms with Gasteiger partial charge in [0.1, 0.15) is 0 Å². The smallest absolute Gasteiger partial charge is 0.340 e. The lowest BCUT2D eigenvalue weighted by Crippen LogP contribution is -2.52. The number of aryl methyl sites for hydroxylation is 1. The van der Waals surface area contributed by atoms with Crippen LogP contribution in [-0.2, 0) is 27.2 Å². The number of alkyl halides is 3. The Morgan fingerprint density at radius 1 is 1.15 bits per heavy atom. The van der Waals surface area contributed by atoms with Crippen molar-refractivity contribution in [1.29, 1.82) is 0 Å². The average Bonchev–Trinajstić information content (AvgIpc) is 3.27. The first-order valence-corrected chi connectivity index (χ1v) is 12.7. The van der Waals surface area contributed by atoms with E-state index in [1.807, 2.05) is 0 Å². The number of nitrogens with zero attached hydrogens (tertiary/aromatic N) is 4. The summed E-state index contributed by atoms with van der Waals surface area (Å²) in [5.74, 6) is 0.350. The maximum atomic E-state index is 13.1. The third-order valence-electron chi connectivity index (χ3n) is 6.58. The second kappa shape index (κ2) is 8.75. The molecule has 2 aliphatic rings. The molecule has 1 amide bonds. The Balaban J connectivity index is 1.43. The predicted octanol–water partition coefficient (Wildman–Crippen LogP) is 2.38. The predicted molar refractivity (Wildman–Crippen MR) is 117 cm³/mol. The van der Waals surface area contributed by atoms with Gasteiger partial charge in [-0.25, -0.2) is 13.1 Å². The lowest BCUT2D eigenvalue weighted by molar-refractivity contribution is -0.137. The molecule has 1 atom stereocenters. The van der Waals surface area contributed by atoms with Crippen molar-refractivity contribution in [3.8, 4) is 5.69 Å². The lowest BCUT2D eigenvalue weighted by Gasteiger charge is -2.37. The van der Waals surface area contributed by atoms with Crippen LogP contribution < -0.4 is 0 Å². The summed E-state index contributed by atoms with van der Waals surface area (Å²) in [6.45, 7) is 5.81. The summed E-state index contributed by atoms with van der Waals surface area (Å²) in [6, 6.07) is 4.99. The van der Waals surface area contributed by atoms with Gasteiger partial charge in [-0.05, 0) is 38.5 Å². The van der Waals surface area contributed by atoms with E-state index in [2.05, 4.69) is 10.00 Å². The molecule has 2 fully saturated rings. The van der Waals surface area contributed by atoms with Crippen molar-refractivity contribution < 1.29 is 26.4 Å². The Morgan fingerprint density at radius 2 is 1.85 bits per heavy atom. The van der Waals surface area contributed by atoms with Crippen molar-refractivity contribution in [1.82, 2.24) is 19.6 Å². The van der Waals surface area contributed by atoms with Crippen LogP contribution in [0.3, 0.4) is 0 Å². The minimum absolute atomic E-state index is 0.0300. The van der Waals surface area contributed by atoms with Gasteiger partial charge in [-0.3, -0.25) is 9.69 Å². The molecule has 3 heterocycles. The van der Waals surface area contributed by atoms with Crippen LogP contribution in [0.1, 0.15) is 28.9 Å². The molecule has 7 nitrogen and oxygen atoms in total. The molecule has 0 spiro atoms. The summed E-state index contributed by atoms with van der Waals surface area (Å²) >= 11 is 0. The number of rotatable bonds is 4. The third-order valence-corrected chi connectivity index (χ3v) is 8.33. The Kier molecular flexibility index (Phi) is 6.30. The molecule has 2 aromatic rings. The molecule has 1 aromatic heterocycles. The second-order valence-electron chi connectivity index (χ2n) is 8.76. The topological polar surface area (TPSA) is 75.5 Å². The molecule has 4 rings (SSSR count). The number of piperazine rings is 1. The van der Waals surface area contributed by atoms with Gasteiger partial charge in [0.15, 0.2) is 9.84 Å². The van der Waals surface area contributed by atoms with Crippen molar-refractivity contribution in [2.45, 2.75) is 38.9 Å². The highest BCUT2D eigenvalue weighted by Gasteiger charge is 2.35. The van der Waals surface area contributed by atoms with Gasteiger partial charge in [0.25, 0.3) is 0 Å². The van der Waals surface area contributed by atoms with Gasteiger partial charge in [0, 0.05) is 43.5 Å². The zero-order valence-electron chi connectivity index (χ0n) is 18.6. The molecular weight excluding hydrogens is 457 g/mol.